The molecule has 20 heavy (non-hydrogen) atoms. The predicted molar refractivity (Wildman–Crippen MR) is 73.8 cm³/mol. The Hall–Kier alpha value is -2.87. The fourth-order valence-corrected chi connectivity index (χ4v) is 1.81. The molecule has 2 aromatic carbocycles. The number of ether oxygens (including phenoxy) is 1. The number of hydrogen-bond acceptors (Lipinski definition) is 4. The van der Waals surface area contributed by atoms with Gasteiger partial charge >= 0.3 is 5.69 Å². The van der Waals surface area contributed by atoms with Crippen molar-refractivity contribution < 1.29 is 9.66 Å². The van der Waals surface area contributed by atoms with Crippen LogP contribution in [0.3, 0.4) is 0 Å². The highest BCUT2D eigenvalue weighted by molar-refractivity contribution is 5.51. The van der Waals surface area contributed by atoms with Gasteiger partial charge in [-0.2, -0.15) is 5.26 Å². The summed E-state index contributed by atoms with van der Waals surface area (Å²) in [6.45, 7) is 3.62. The van der Waals surface area contributed by atoms with E-state index in [1.807, 2.05) is 6.92 Å². The number of rotatable bonds is 3. The zero-order valence-electron chi connectivity index (χ0n) is 11.1. The van der Waals surface area contributed by atoms with Gasteiger partial charge in [0, 0.05) is 6.07 Å². The zero-order chi connectivity index (χ0) is 14.7. The minimum Gasteiger partial charge on any atom is -0.450 e. The highest BCUT2D eigenvalue weighted by Gasteiger charge is 2.15. The van der Waals surface area contributed by atoms with Gasteiger partial charge in [0.05, 0.1) is 16.6 Å². The van der Waals surface area contributed by atoms with E-state index in [2.05, 4.69) is 6.07 Å². The normalized spacial score (nSPS) is 9.85. The van der Waals surface area contributed by atoms with Gasteiger partial charge in [0.1, 0.15) is 5.75 Å². The molecule has 0 spiro atoms. The summed E-state index contributed by atoms with van der Waals surface area (Å²) < 4.78 is 5.58. The van der Waals surface area contributed by atoms with Crippen LogP contribution in [0.1, 0.15) is 16.7 Å². The molecule has 0 heterocycles. The molecular weight excluding hydrogens is 256 g/mol. The van der Waals surface area contributed by atoms with Crippen molar-refractivity contribution in [3.05, 3.63) is 63.2 Å². The third-order valence-electron chi connectivity index (χ3n) is 2.86. The fourth-order valence-electron chi connectivity index (χ4n) is 1.81. The summed E-state index contributed by atoms with van der Waals surface area (Å²) in [5.41, 5.74) is 2.10. The lowest BCUT2D eigenvalue weighted by atomic mass is 10.1. The summed E-state index contributed by atoms with van der Waals surface area (Å²) in [7, 11) is 0. The van der Waals surface area contributed by atoms with E-state index in [0.717, 1.165) is 11.1 Å². The Morgan fingerprint density at radius 2 is 1.95 bits per heavy atom. The molecule has 0 aliphatic heterocycles. The first-order chi connectivity index (χ1) is 9.51. The van der Waals surface area contributed by atoms with Gasteiger partial charge in [0.2, 0.25) is 5.75 Å². The molecule has 0 unspecified atom stereocenters. The zero-order valence-corrected chi connectivity index (χ0v) is 11.1. The van der Waals surface area contributed by atoms with Crippen LogP contribution in [0, 0.1) is 35.3 Å². The minimum absolute atomic E-state index is 0.0855. The van der Waals surface area contributed by atoms with Crippen molar-refractivity contribution in [3.63, 3.8) is 0 Å². The Kier molecular flexibility index (Phi) is 3.67. The maximum atomic E-state index is 11.0. The second-order valence-corrected chi connectivity index (χ2v) is 4.42. The second kappa shape index (κ2) is 5.41. The van der Waals surface area contributed by atoms with Gasteiger partial charge in [-0.15, -0.1) is 0 Å². The van der Waals surface area contributed by atoms with E-state index < -0.39 is 4.92 Å². The number of benzene rings is 2. The largest absolute Gasteiger partial charge is 0.450 e. The van der Waals surface area contributed by atoms with Gasteiger partial charge in [-0.3, -0.25) is 10.1 Å². The Morgan fingerprint density at radius 3 is 2.55 bits per heavy atom. The SMILES string of the molecule is Cc1ccc([N+](=O)[O-])c(Oc2ccc(C#N)c(C)c2)c1. The molecular formula is C15H12N2O3. The first-order valence-corrected chi connectivity index (χ1v) is 5.95. The van der Waals surface area contributed by atoms with Crippen molar-refractivity contribution in [1.29, 1.82) is 5.26 Å². The van der Waals surface area contributed by atoms with Crippen molar-refractivity contribution >= 4 is 5.69 Å². The van der Waals surface area contributed by atoms with E-state index in [-0.39, 0.29) is 11.4 Å². The van der Waals surface area contributed by atoms with Crippen LogP contribution >= 0.6 is 0 Å². The summed E-state index contributed by atoms with van der Waals surface area (Å²) in [6.07, 6.45) is 0. The molecule has 5 heteroatoms. The van der Waals surface area contributed by atoms with Crippen LogP contribution in [0.5, 0.6) is 11.5 Å². The lowest BCUT2D eigenvalue weighted by molar-refractivity contribution is -0.385. The fraction of sp³-hybridized carbons (Fsp3) is 0.133. The maximum absolute atomic E-state index is 11.0. The topological polar surface area (TPSA) is 76.2 Å². The number of aryl methyl sites for hydroxylation is 2. The van der Waals surface area contributed by atoms with Crippen molar-refractivity contribution in [2.75, 3.05) is 0 Å². The lowest BCUT2D eigenvalue weighted by Crippen LogP contribution is -1.94. The van der Waals surface area contributed by atoms with Crippen LogP contribution in [0.25, 0.3) is 0 Å². The van der Waals surface area contributed by atoms with E-state index in [1.165, 1.54) is 6.07 Å². The average molecular weight is 268 g/mol. The molecule has 0 amide bonds. The molecule has 0 aliphatic rings. The van der Waals surface area contributed by atoms with E-state index in [4.69, 9.17) is 10.00 Å². The first kappa shape index (κ1) is 13.6. The Morgan fingerprint density at radius 1 is 1.20 bits per heavy atom. The maximum Gasteiger partial charge on any atom is 0.311 e. The molecule has 0 aliphatic carbocycles. The van der Waals surface area contributed by atoms with Crippen LogP contribution < -0.4 is 4.74 Å². The molecule has 0 N–H and O–H groups in total. The molecule has 0 atom stereocenters. The monoisotopic (exact) mass is 268 g/mol. The van der Waals surface area contributed by atoms with Crippen LogP contribution in [0.4, 0.5) is 5.69 Å². The van der Waals surface area contributed by atoms with Crippen molar-refractivity contribution in [2.24, 2.45) is 0 Å². The summed E-state index contributed by atoms with van der Waals surface area (Å²) >= 11 is 0. The average Bonchev–Trinajstić information content (AvgIpc) is 2.38. The first-order valence-electron chi connectivity index (χ1n) is 5.95. The standard InChI is InChI=1S/C15H12N2O3/c1-10-3-6-14(17(18)19)15(7-10)20-13-5-4-12(9-16)11(2)8-13/h3-8H,1-2H3. The van der Waals surface area contributed by atoms with Crippen LogP contribution in [-0.2, 0) is 0 Å². The van der Waals surface area contributed by atoms with Gasteiger partial charge in [0.15, 0.2) is 0 Å². The van der Waals surface area contributed by atoms with Gasteiger partial charge < -0.3 is 4.74 Å². The van der Waals surface area contributed by atoms with E-state index in [0.29, 0.717) is 11.3 Å². The minimum atomic E-state index is -0.481. The summed E-state index contributed by atoms with van der Waals surface area (Å²) in [5.74, 6) is 0.661. The molecule has 2 aromatic rings. The Bertz CT molecular complexity index is 718. The number of hydrogen-bond donors (Lipinski definition) is 0. The van der Waals surface area contributed by atoms with Crippen molar-refractivity contribution in [1.82, 2.24) is 0 Å². The van der Waals surface area contributed by atoms with E-state index in [9.17, 15) is 10.1 Å². The van der Waals surface area contributed by atoms with E-state index in [1.54, 1.807) is 37.3 Å². The predicted octanol–water partition coefficient (Wildman–Crippen LogP) is 3.88. The Balaban J connectivity index is 2.39. The van der Waals surface area contributed by atoms with Crippen molar-refractivity contribution in [2.45, 2.75) is 13.8 Å². The van der Waals surface area contributed by atoms with E-state index >= 15 is 0 Å². The third kappa shape index (κ3) is 2.75. The summed E-state index contributed by atoms with van der Waals surface area (Å²) in [6, 6.07) is 11.7. The number of nitrogens with zero attached hydrogens (tertiary/aromatic N) is 2. The molecule has 5 nitrogen and oxygen atoms in total. The summed E-state index contributed by atoms with van der Waals surface area (Å²) in [4.78, 5) is 10.5. The smallest absolute Gasteiger partial charge is 0.311 e. The lowest BCUT2D eigenvalue weighted by Gasteiger charge is -2.08. The Labute approximate surface area is 116 Å². The number of nitro groups is 1. The summed E-state index contributed by atoms with van der Waals surface area (Å²) in [5, 5.41) is 19.8. The highest BCUT2D eigenvalue weighted by Crippen LogP contribution is 2.32. The van der Waals surface area contributed by atoms with Crippen molar-refractivity contribution in [3.8, 4) is 17.6 Å². The van der Waals surface area contributed by atoms with Crippen LogP contribution in [0.15, 0.2) is 36.4 Å². The molecule has 0 saturated heterocycles. The third-order valence-corrected chi connectivity index (χ3v) is 2.86. The van der Waals surface area contributed by atoms with Gasteiger partial charge in [0.25, 0.3) is 0 Å². The molecule has 0 saturated carbocycles. The molecule has 0 aromatic heterocycles. The number of nitriles is 1. The number of nitro benzene ring substituents is 1. The van der Waals surface area contributed by atoms with Crippen LogP contribution in [0.2, 0.25) is 0 Å². The molecule has 0 fully saturated rings. The highest BCUT2D eigenvalue weighted by atomic mass is 16.6. The molecule has 0 bridgehead atoms. The molecule has 2 rings (SSSR count). The molecule has 0 radical (unpaired) electrons. The van der Waals surface area contributed by atoms with Crippen LogP contribution in [-0.4, -0.2) is 4.92 Å². The quantitative estimate of drug-likeness (QED) is 0.625. The van der Waals surface area contributed by atoms with Gasteiger partial charge in [-0.25, -0.2) is 0 Å². The van der Waals surface area contributed by atoms with Gasteiger partial charge in [-0.05, 0) is 49.2 Å². The second-order valence-electron chi connectivity index (χ2n) is 4.42. The van der Waals surface area contributed by atoms with Gasteiger partial charge in [-0.1, -0.05) is 6.07 Å². The molecule has 100 valence electrons.